The third-order valence-corrected chi connectivity index (χ3v) is 4.28. The van der Waals surface area contributed by atoms with Gasteiger partial charge in [-0.25, -0.2) is 4.39 Å². The van der Waals surface area contributed by atoms with E-state index in [-0.39, 0.29) is 22.2 Å². The average molecular weight is 359 g/mol. The molecular formula is C15H20BrFN2O2. The third kappa shape index (κ3) is 4.33. The second-order valence-electron chi connectivity index (χ2n) is 5.41. The number of anilines is 1. The number of hydrogen-bond acceptors (Lipinski definition) is 3. The summed E-state index contributed by atoms with van der Waals surface area (Å²) in [6, 6.07) is 2.83. The second-order valence-corrected chi connectivity index (χ2v) is 6.26. The Hall–Kier alpha value is -1.30. The number of nitrogens with one attached hydrogen (secondary N) is 1. The van der Waals surface area contributed by atoms with Crippen LogP contribution in [0.1, 0.15) is 39.0 Å². The van der Waals surface area contributed by atoms with E-state index in [0.717, 1.165) is 25.7 Å². The minimum atomic E-state index is -0.713. The maximum Gasteiger partial charge on any atom is 0.260 e. The van der Waals surface area contributed by atoms with Crippen LogP contribution in [0.15, 0.2) is 16.6 Å². The molecular weight excluding hydrogens is 339 g/mol. The first-order valence-corrected chi connectivity index (χ1v) is 7.98. The highest BCUT2D eigenvalue weighted by Crippen LogP contribution is 2.29. The standard InChI is InChI=1S/C15H20BrFN2O2/c1-9(15(20)19-10-5-3-2-4-6-10)21-14-8-12(17)11(16)7-13(14)18/h7-10H,2-6,18H2,1H3,(H,19,20). The van der Waals surface area contributed by atoms with Gasteiger partial charge in [0.25, 0.3) is 5.91 Å². The lowest BCUT2D eigenvalue weighted by molar-refractivity contribution is -0.128. The van der Waals surface area contributed by atoms with Crippen LogP contribution in [0.3, 0.4) is 0 Å². The number of ether oxygens (including phenoxy) is 1. The summed E-state index contributed by atoms with van der Waals surface area (Å²) >= 11 is 3.05. The predicted molar refractivity (Wildman–Crippen MR) is 83.6 cm³/mol. The largest absolute Gasteiger partial charge is 0.479 e. The molecule has 116 valence electrons. The summed E-state index contributed by atoms with van der Waals surface area (Å²) in [5.74, 6) is -0.481. The van der Waals surface area contributed by atoms with Crippen LogP contribution >= 0.6 is 15.9 Å². The van der Waals surface area contributed by atoms with Gasteiger partial charge in [-0.05, 0) is 41.8 Å². The molecule has 0 aromatic heterocycles. The summed E-state index contributed by atoms with van der Waals surface area (Å²) in [6.07, 6.45) is 4.82. The maximum absolute atomic E-state index is 13.5. The van der Waals surface area contributed by atoms with Crippen molar-refractivity contribution in [1.29, 1.82) is 0 Å². The van der Waals surface area contributed by atoms with Crippen LogP contribution in [0.2, 0.25) is 0 Å². The van der Waals surface area contributed by atoms with Crippen molar-refractivity contribution in [3.63, 3.8) is 0 Å². The number of benzene rings is 1. The molecule has 6 heteroatoms. The van der Waals surface area contributed by atoms with Gasteiger partial charge in [0.05, 0.1) is 10.2 Å². The molecule has 1 saturated carbocycles. The van der Waals surface area contributed by atoms with Crippen molar-refractivity contribution in [1.82, 2.24) is 5.32 Å². The van der Waals surface area contributed by atoms with Gasteiger partial charge in [0, 0.05) is 12.1 Å². The van der Waals surface area contributed by atoms with Crippen LogP contribution in [0.4, 0.5) is 10.1 Å². The van der Waals surface area contributed by atoms with Crippen LogP contribution in [0.25, 0.3) is 0 Å². The highest BCUT2D eigenvalue weighted by atomic mass is 79.9. The summed E-state index contributed by atoms with van der Waals surface area (Å²) in [7, 11) is 0. The molecule has 2 rings (SSSR count). The van der Waals surface area contributed by atoms with Crippen molar-refractivity contribution in [3.8, 4) is 5.75 Å². The van der Waals surface area contributed by atoms with E-state index in [1.54, 1.807) is 6.92 Å². The van der Waals surface area contributed by atoms with E-state index >= 15 is 0 Å². The first-order chi connectivity index (χ1) is 9.97. The minimum Gasteiger partial charge on any atom is -0.479 e. The van der Waals surface area contributed by atoms with Gasteiger partial charge in [0.2, 0.25) is 0 Å². The molecule has 1 aliphatic carbocycles. The molecule has 0 bridgehead atoms. The zero-order valence-electron chi connectivity index (χ0n) is 12.0. The van der Waals surface area contributed by atoms with Crippen molar-refractivity contribution >= 4 is 27.5 Å². The Balaban J connectivity index is 1.95. The Morgan fingerprint density at radius 3 is 2.76 bits per heavy atom. The van der Waals surface area contributed by atoms with Gasteiger partial charge in [0.1, 0.15) is 11.6 Å². The molecule has 1 amide bonds. The average Bonchev–Trinajstić information content (AvgIpc) is 2.45. The number of nitrogen functional groups attached to an aromatic ring is 1. The lowest BCUT2D eigenvalue weighted by Gasteiger charge is -2.25. The lowest BCUT2D eigenvalue weighted by atomic mass is 9.95. The SMILES string of the molecule is CC(Oc1cc(F)c(Br)cc1N)C(=O)NC1CCCCC1. The second kappa shape index (κ2) is 7.11. The molecule has 1 atom stereocenters. The van der Waals surface area contributed by atoms with E-state index in [1.165, 1.54) is 18.6 Å². The zero-order chi connectivity index (χ0) is 15.4. The molecule has 0 heterocycles. The summed E-state index contributed by atoms with van der Waals surface area (Å²) < 4.78 is 19.3. The Morgan fingerprint density at radius 2 is 2.10 bits per heavy atom. The van der Waals surface area contributed by atoms with Crippen molar-refractivity contribution in [3.05, 3.63) is 22.4 Å². The number of nitrogens with two attached hydrogens (primary N) is 1. The Kier molecular flexibility index (Phi) is 5.45. The van der Waals surface area contributed by atoms with E-state index in [2.05, 4.69) is 21.2 Å². The van der Waals surface area contributed by atoms with E-state index in [4.69, 9.17) is 10.5 Å². The number of halogens is 2. The van der Waals surface area contributed by atoms with Gasteiger partial charge in [-0.3, -0.25) is 4.79 Å². The van der Waals surface area contributed by atoms with E-state index in [1.807, 2.05) is 0 Å². The minimum absolute atomic E-state index is 0.182. The van der Waals surface area contributed by atoms with Gasteiger partial charge in [0.15, 0.2) is 6.10 Å². The van der Waals surface area contributed by atoms with Gasteiger partial charge in [-0.1, -0.05) is 19.3 Å². The zero-order valence-corrected chi connectivity index (χ0v) is 13.6. The first kappa shape index (κ1) is 16.1. The highest BCUT2D eigenvalue weighted by molar-refractivity contribution is 9.10. The Morgan fingerprint density at radius 1 is 1.43 bits per heavy atom. The quantitative estimate of drug-likeness (QED) is 0.810. The summed E-state index contributed by atoms with van der Waals surface area (Å²) in [6.45, 7) is 1.64. The number of amides is 1. The van der Waals surface area contributed by atoms with E-state index in [9.17, 15) is 9.18 Å². The monoisotopic (exact) mass is 358 g/mol. The van der Waals surface area contributed by atoms with Gasteiger partial charge >= 0.3 is 0 Å². The maximum atomic E-state index is 13.5. The molecule has 0 radical (unpaired) electrons. The molecule has 1 aromatic carbocycles. The predicted octanol–water partition coefficient (Wildman–Crippen LogP) is 3.39. The number of hydrogen-bond donors (Lipinski definition) is 2. The normalized spacial score (nSPS) is 17.3. The summed E-state index contributed by atoms with van der Waals surface area (Å²) in [5.41, 5.74) is 6.06. The number of carbonyl (C=O) groups excluding carboxylic acids is 1. The van der Waals surface area contributed by atoms with Crippen molar-refractivity contribution in [2.45, 2.75) is 51.2 Å². The van der Waals surface area contributed by atoms with Gasteiger partial charge in [-0.2, -0.15) is 0 Å². The van der Waals surface area contributed by atoms with E-state index < -0.39 is 11.9 Å². The lowest BCUT2D eigenvalue weighted by Crippen LogP contribution is -2.43. The van der Waals surface area contributed by atoms with Crippen LogP contribution in [0.5, 0.6) is 5.75 Å². The Labute approximate surface area is 132 Å². The molecule has 4 nitrogen and oxygen atoms in total. The van der Waals surface area contributed by atoms with Gasteiger partial charge < -0.3 is 15.8 Å². The molecule has 0 aliphatic heterocycles. The number of carbonyl (C=O) groups is 1. The molecule has 0 saturated heterocycles. The molecule has 3 N–H and O–H groups in total. The molecule has 1 unspecified atom stereocenters. The summed E-state index contributed by atoms with van der Waals surface area (Å²) in [5, 5.41) is 2.98. The molecule has 1 aliphatic rings. The first-order valence-electron chi connectivity index (χ1n) is 7.19. The fourth-order valence-electron chi connectivity index (χ4n) is 2.46. The van der Waals surface area contributed by atoms with Crippen LogP contribution in [-0.4, -0.2) is 18.1 Å². The third-order valence-electron chi connectivity index (χ3n) is 3.68. The molecule has 21 heavy (non-hydrogen) atoms. The van der Waals surface area contributed by atoms with E-state index in [0.29, 0.717) is 5.69 Å². The molecule has 1 fully saturated rings. The van der Waals surface area contributed by atoms with Crippen molar-refractivity contribution in [2.24, 2.45) is 0 Å². The smallest absolute Gasteiger partial charge is 0.260 e. The molecule has 1 aromatic rings. The van der Waals surface area contributed by atoms with Crippen LogP contribution in [0, 0.1) is 5.82 Å². The van der Waals surface area contributed by atoms with Gasteiger partial charge in [-0.15, -0.1) is 0 Å². The topological polar surface area (TPSA) is 64.3 Å². The van der Waals surface area contributed by atoms with Crippen molar-refractivity contribution < 1.29 is 13.9 Å². The van der Waals surface area contributed by atoms with Crippen molar-refractivity contribution in [2.75, 3.05) is 5.73 Å². The molecule has 0 spiro atoms. The highest BCUT2D eigenvalue weighted by Gasteiger charge is 2.21. The van der Waals surface area contributed by atoms with Crippen LogP contribution in [-0.2, 0) is 4.79 Å². The fourth-order valence-corrected chi connectivity index (χ4v) is 2.82. The summed E-state index contributed by atoms with van der Waals surface area (Å²) in [4.78, 5) is 12.1. The number of rotatable bonds is 4. The Bertz CT molecular complexity index is 519. The van der Waals surface area contributed by atoms with Crippen LogP contribution < -0.4 is 15.8 Å². The fraction of sp³-hybridized carbons (Fsp3) is 0.533.